The van der Waals surface area contributed by atoms with Crippen molar-refractivity contribution in [1.29, 1.82) is 0 Å². The van der Waals surface area contributed by atoms with Gasteiger partial charge in [0, 0.05) is 23.9 Å². The zero-order valence-corrected chi connectivity index (χ0v) is 11.3. The van der Waals surface area contributed by atoms with Crippen LogP contribution in [0.25, 0.3) is 0 Å². The molecular formula is C13H13N3O3S. The van der Waals surface area contributed by atoms with Crippen LogP contribution in [-0.4, -0.2) is 30.3 Å². The maximum absolute atomic E-state index is 12.1. The van der Waals surface area contributed by atoms with Gasteiger partial charge in [-0.05, 0) is 18.2 Å². The molecule has 0 aliphatic heterocycles. The summed E-state index contributed by atoms with van der Waals surface area (Å²) in [5, 5.41) is 15.0. The second-order valence-corrected chi connectivity index (χ2v) is 5.69. The van der Waals surface area contributed by atoms with Gasteiger partial charge in [-0.15, -0.1) is 0 Å². The molecule has 0 atom stereocenters. The Hall–Kier alpha value is -2.14. The minimum absolute atomic E-state index is 0.130. The molecule has 1 aromatic carbocycles. The average molecular weight is 291 g/mol. The molecule has 0 aliphatic carbocycles. The molecule has 0 saturated heterocycles. The van der Waals surface area contributed by atoms with Crippen molar-refractivity contribution in [3.05, 3.63) is 47.8 Å². The first-order valence-corrected chi connectivity index (χ1v) is 7.27. The summed E-state index contributed by atoms with van der Waals surface area (Å²) in [6.07, 6.45) is 3.16. The number of nitrogens with one attached hydrogen (secondary N) is 2. The molecule has 1 heterocycles. The topological polar surface area (TPSA) is 95.1 Å². The molecule has 0 unspecified atom stereocenters. The predicted molar refractivity (Wildman–Crippen MR) is 73.0 cm³/mol. The summed E-state index contributed by atoms with van der Waals surface area (Å²) < 4.78 is 26.7. The summed E-state index contributed by atoms with van der Waals surface area (Å²) in [6, 6.07) is 6.23. The lowest BCUT2D eigenvalue weighted by Crippen LogP contribution is -2.23. The lowest BCUT2D eigenvalue weighted by molar-refractivity contribution is 0.350. The van der Waals surface area contributed by atoms with E-state index < -0.39 is 10.0 Å². The molecule has 0 aliphatic rings. The van der Waals surface area contributed by atoms with Gasteiger partial charge in [0.2, 0.25) is 10.0 Å². The number of benzene rings is 1. The number of H-pyrrole nitrogens is 1. The molecule has 1 aromatic heterocycles. The Labute approximate surface area is 116 Å². The van der Waals surface area contributed by atoms with Gasteiger partial charge in [-0.25, -0.2) is 13.1 Å². The summed E-state index contributed by atoms with van der Waals surface area (Å²) in [5.74, 6) is 5.14. The number of hydrogen-bond acceptors (Lipinski definition) is 4. The van der Waals surface area contributed by atoms with Crippen molar-refractivity contribution in [2.24, 2.45) is 0 Å². The molecule has 20 heavy (non-hydrogen) atoms. The molecule has 104 valence electrons. The molecule has 0 radical (unpaired) electrons. The van der Waals surface area contributed by atoms with E-state index in [4.69, 9.17) is 5.11 Å². The van der Waals surface area contributed by atoms with Crippen molar-refractivity contribution in [1.82, 2.24) is 14.9 Å². The minimum atomic E-state index is -3.61. The van der Waals surface area contributed by atoms with Crippen LogP contribution in [0.3, 0.4) is 0 Å². The highest BCUT2D eigenvalue weighted by atomic mass is 32.2. The highest BCUT2D eigenvalue weighted by molar-refractivity contribution is 7.89. The Morgan fingerprint density at radius 3 is 2.95 bits per heavy atom. The van der Waals surface area contributed by atoms with Gasteiger partial charge in [0.25, 0.3) is 0 Å². The fraction of sp³-hybridized carbons (Fsp3) is 0.154. The van der Waals surface area contributed by atoms with E-state index in [1.54, 1.807) is 24.5 Å². The Morgan fingerprint density at radius 1 is 1.40 bits per heavy atom. The summed E-state index contributed by atoms with van der Waals surface area (Å²) in [5.41, 5.74) is 1.27. The van der Waals surface area contributed by atoms with Crippen molar-refractivity contribution in [2.45, 2.75) is 11.4 Å². The van der Waals surface area contributed by atoms with Crippen LogP contribution >= 0.6 is 0 Å². The van der Waals surface area contributed by atoms with Gasteiger partial charge in [0.05, 0.1) is 11.1 Å². The van der Waals surface area contributed by atoms with Crippen molar-refractivity contribution in [2.75, 3.05) is 6.61 Å². The number of aliphatic hydroxyl groups excluding tert-OH is 1. The number of nitrogens with zero attached hydrogens (tertiary/aromatic N) is 1. The van der Waals surface area contributed by atoms with E-state index in [1.807, 2.05) is 0 Å². The molecule has 0 spiro atoms. The number of hydrogen-bond donors (Lipinski definition) is 3. The van der Waals surface area contributed by atoms with Gasteiger partial charge in [0.15, 0.2) is 0 Å². The summed E-state index contributed by atoms with van der Waals surface area (Å²) in [6.45, 7) is -0.110. The normalized spacial score (nSPS) is 10.8. The van der Waals surface area contributed by atoms with E-state index >= 15 is 0 Å². The largest absolute Gasteiger partial charge is 0.384 e. The van der Waals surface area contributed by atoms with E-state index in [1.165, 1.54) is 12.1 Å². The number of sulfonamides is 1. The highest BCUT2D eigenvalue weighted by Crippen LogP contribution is 2.11. The molecule has 2 aromatic rings. The summed E-state index contributed by atoms with van der Waals surface area (Å²) >= 11 is 0. The van der Waals surface area contributed by atoms with E-state index in [9.17, 15) is 8.42 Å². The van der Waals surface area contributed by atoms with Crippen molar-refractivity contribution < 1.29 is 13.5 Å². The van der Waals surface area contributed by atoms with Crippen LogP contribution in [0.5, 0.6) is 0 Å². The number of aromatic amines is 1. The van der Waals surface area contributed by atoms with E-state index in [0.29, 0.717) is 5.56 Å². The molecular weight excluding hydrogens is 278 g/mol. The first-order valence-electron chi connectivity index (χ1n) is 5.79. The van der Waals surface area contributed by atoms with Crippen LogP contribution in [0.15, 0.2) is 41.6 Å². The maximum atomic E-state index is 12.1. The Balaban J connectivity index is 2.16. The predicted octanol–water partition coefficient (Wildman–Crippen LogP) is 0.232. The molecule has 0 bridgehead atoms. The van der Waals surface area contributed by atoms with E-state index in [2.05, 4.69) is 26.8 Å². The SMILES string of the molecule is O=S(=O)(NCc1cn[nH]c1)c1cccc(C#CCO)c1. The van der Waals surface area contributed by atoms with Gasteiger partial charge in [0.1, 0.15) is 6.61 Å². The molecule has 0 fully saturated rings. The van der Waals surface area contributed by atoms with Crippen LogP contribution in [0, 0.1) is 11.8 Å². The molecule has 0 saturated carbocycles. The molecule has 3 N–H and O–H groups in total. The zero-order valence-electron chi connectivity index (χ0n) is 10.5. The van der Waals surface area contributed by atoms with E-state index in [-0.39, 0.29) is 18.0 Å². The molecule has 6 nitrogen and oxygen atoms in total. The molecule has 7 heteroatoms. The van der Waals surface area contributed by atoms with Gasteiger partial charge >= 0.3 is 0 Å². The third-order valence-electron chi connectivity index (χ3n) is 2.48. The maximum Gasteiger partial charge on any atom is 0.240 e. The van der Waals surface area contributed by atoms with Crippen LogP contribution in [0.1, 0.15) is 11.1 Å². The van der Waals surface area contributed by atoms with Gasteiger partial charge < -0.3 is 5.11 Å². The number of aliphatic hydroxyl groups is 1. The fourth-order valence-corrected chi connectivity index (χ4v) is 2.58. The Kier molecular flexibility index (Phi) is 4.53. The fourth-order valence-electron chi connectivity index (χ4n) is 1.52. The standard InChI is InChI=1S/C13H13N3O3S/c17-6-2-4-11-3-1-5-13(7-11)20(18,19)16-10-12-8-14-15-9-12/h1,3,5,7-9,16-17H,6,10H2,(H,14,15). The third-order valence-corrected chi connectivity index (χ3v) is 3.88. The minimum Gasteiger partial charge on any atom is -0.384 e. The van der Waals surface area contributed by atoms with Crippen molar-refractivity contribution in [3.63, 3.8) is 0 Å². The number of aromatic nitrogens is 2. The lowest BCUT2D eigenvalue weighted by atomic mass is 10.2. The Morgan fingerprint density at radius 2 is 2.25 bits per heavy atom. The monoisotopic (exact) mass is 291 g/mol. The summed E-state index contributed by atoms with van der Waals surface area (Å²) in [7, 11) is -3.61. The van der Waals surface area contributed by atoms with Gasteiger partial charge in [-0.2, -0.15) is 5.10 Å². The smallest absolute Gasteiger partial charge is 0.240 e. The quantitative estimate of drug-likeness (QED) is 0.703. The molecule has 0 amide bonds. The zero-order chi connectivity index (χ0) is 14.4. The van der Waals surface area contributed by atoms with E-state index in [0.717, 1.165) is 5.56 Å². The van der Waals surface area contributed by atoms with Crippen molar-refractivity contribution >= 4 is 10.0 Å². The first-order chi connectivity index (χ1) is 9.62. The summed E-state index contributed by atoms with van der Waals surface area (Å²) in [4.78, 5) is 0.130. The third kappa shape index (κ3) is 3.68. The van der Waals surface area contributed by atoms with Gasteiger partial charge in [-0.3, -0.25) is 5.10 Å². The lowest BCUT2D eigenvalue weighted by Gasteiger charge is -2.05. The molecule has 2 rings (SSSR count). The van der Waals surface area contributed by atoms with Crippen LogP contribution in [0.4, 0.5) is 0 Å². The first kappa shape index (κ1) is 14.3. The second kappa shape index (κ2) is 6.34. The number of rotatable bonds is 4. The van der Waals surface area contributed by atoms with Gasteiger partial charge in [-0.1, -0.05) is 17.9 Å². The average Bonchev–Trinajstić information content (AvgIpc) is 2.97. The van der Waals surface area contributed by atoms with Crippen LogP contribution < -0.4 is 4.72 Å². The van der Waals surface area contributed by atoms with Crippen molar-refractivity contribution in [3.8, 4) is 11.8 Å². The van der Waals surface area contributed by atoms with Crippen LogP contribution in [0.2, 0.25) is 0 Å². The highest BCUT2D eigenvalue weighted by Gasteiger charge is 2.13. The van der Waals surface area contributed by atoms with Crippen LogP contribution in [-0.2, 0) is 16.6 Å². The Bertz CT molecular complexity index is 728. The second-order valence-electron chi connectivity index (χ2n) is 3.92.